The number of rotatable bonds is 1. The average Bonchev–Trinajstić information content (AvgIpc) is 2.06. The number of epoxide rings is 1. The largest absolute Gasteiger partial charge is 0.374 e. The molecule has 0 spiro atoms. The lowest BCUT2D eigenvalue weighted by Gasteiger charge is -1.90. The van der Waals surface area contributed by atoms with E-state index in [0.717, 1.165) is 12.4 Å². The highest BCUT2D eigenvalue weighted by Crippen LogP contribution is 2.20. The third kappa shape index (κ3) is 0.746. The molecule has 0 aromatic heterocycles. The minimum atomic E-state index is 0.602. The Kier molecular flexibility index (Phi) is 0.883. The van der Waals surface area contributed by atoms with Gasteiger partial charge in [0.15, 0.2) is 0 Å². The van der Waals surface area contributed by atoms with Crippen LogP contribution >= 0.6 is 0 Å². The van der Waals surface area contributed by atoms with Gasteiger partial charge < -0.3 is 4.74 Å². The molecule has 1 nitrogen and oxygen atoms in total. The molecule has 0 aromatic carbocycles. The van der Waals surface area contributed by atoms with Gasteiger partial charge in [0.2, 0.25) is 0 Å². The van der Waals surface area contributed by atoms with E-state index in [2.05, 4.69) is 14.8 Å². The van der Waals surface area contributed by atoms with E-state index in [-0.39, 0.29) is 0 Å². The molecule has 0 aliphatic carbocycles. The fourth-order valence-corrected chi connectivity index (χ4v) is 0.440. The van der Waals surface area contributed by atoms with Gasteiger partial charge in [-0.15, -0.1) is 0 Å². The van der Waals surface area contributed by atoms with Crippen LogP contribution in [0.25, 0.3) is 0 Å². The molecule has 1 fully saturated rings. The van der Waals surface area contributed by atoms with Crippen molar-refractivity contribution in [2.45, 2.75) is 18.8 Å². The van der Waals surface area contributed by atoms with Gasteiger partial charge in [-0.05, 0) is 5.82 Å². The second-order valence-corrected chi connectivity index (χ2v) is 2.12. The third-order valence-electron chi connectivity index (χ3n) is 1.10. The third-order valence-corrected chi connectivity index (χ3v) is 1.10. The molecular formula is C4H9BO. The zero-order valence-electron chi connectivity index (χ0n) is 4.27. The quantitative estimate of drug-likeness (QED) is 0.317. The van der Waals surface area contributed by atoms with Gasteiger partial charge in [0, 0.05) is 0 Å². The monoisotopic (exact) mass is 84.1 g/mol. The summed E-state index contributed by atoms with van der Waals surface area (Å²) in [5, 5.41) is 0. The van der Waals surface area contributed by atoms with E-state index in [1.165, 1.54) is 0 Å². The molecule has 1 saturated heterocycles. The SMILES string of the molecule is BC(C)C1CO1. The van der Waals surface area contributed by atoms with Crippen molar-refractivity contribution in [2.24, 2.45) is 0 Å². The number of hydrogen-bond donors (Lipinski definition) is 0. The van der Waals surface area contributed by atoms with Crippen molar-refractivity contribution >= 4 is 7.85 Å². The van der Waals surface area contributed by atoms with Crippen LogP contribution < -0.4 is 0 Å². The summed E-state index contributed by atoms with van der Waals surface area (Å²) >= 11 is 0. The highest BCUT2D eigenvalue weighted by atomic mass is 16.6. The molecule has 2 atom stereocenters. The highest BCUT2D eigenvalue weighted by molar-refractivity contribution is 6.11. The Labute approximate surface area is 39.1 Å². The first-order chi connectivity index (χ1) is 2.80. The van der Waals surface area contributed by atoms with Gasteiger partial charge >= 0.3 is 0 Å². The van der Waals surface area contributed by atoms with Crippen molar-refractivity contribution in [2.75, 3.05) is 6.61 Å². The molecular weight excluding hydrogens is 74.9 g/mol. The van der Waals surface area contributed by atoms with Crippen LogP contribution in [0.3, 0.4) is 0 Å². The molecule has 0 amide bonds. The fraction of sp³-hybridized carbons (Fsp3) is 1.00. The van der Waals surface area contributed by atoms with Crippen molar-refractivity contribution in [1.82, 2.24) is 0 Å². The van der Waals surface area contributed by atoms with E-state index < -0.39 is 0 Å². The first-order valence-electron chi connectivity index (χ1n) is 2.42. The fourth-order valence-electron chi connectivity index (χ4n) is 0.440. The Hall–Kier alpha value is 0.0249. The van der Waals surface area contributed by atoms with Gasteiger partial charge in [0.05, 0.1) is 12.7 Å². The molecule has 0 aromatic rings. The summed E-state index contributed by atoms with van der Waals surface area (Å²) in [7, 11) is 2.18. The average molecular weight is 83.9 g/mol. The van der Waals surface area contributed by atoms with E-state index in [1.807, 2.05) is 0 Å². The maximum absolute atomic E-state index is 4.97. The van der Waals surface area contributed by atoms with E-state index in [1.54, 1.807) is 0 Å². The lowest BCUT2D eigenvalue weighted by molar-refractivity contribution is 0.403. The van der Waals surface area contributed by atoms with E-state index >= 15 is 0 Å². The molecule has 0 saturated carbocycles. The van der Waals surface area contributed by atoms with Gasteiger partial charge in [-0.3, -0.25) is 0 Å². The molecule has 1 rings (SSSR count). The summed E-state index contributed by atoms with van der Waals surface area (Å²) in [6.07, 6.45) is 0.602. The van der Waals surface area contributed by atoms with Crippen LogP contribution in [-0.4, -0.2) is 20.6 Å². The lowest BCUT2D eigenvalue weighted by atomic mass is 9.87. The Morgan fingerprint density at radius 3 is 2.50 bits per heavy atom. The van der Waals surface area contributed by atoms with Gasteiger partial charge in [-0.25, -0.2) is 0 Å². The van der Waals surface area contributed by atoms with Crippen LogP contribution in [0.2, 0.25) is 5.82 Å². The van der Waals surface area contributed by atoms with Gasteiger partial charge in [-0.1, -0.05) is 6.92 Å². The summed E-state index contributed by atoms with van der Waals surface area (Å²) < 4.78 is 4.97. The van der Waals surface area contributed by atoms with E-state index in [0.29, 0.717) is 6.10 Å². The molecule has 0 N–H and O–H groups in total. The maximum Gasteiger partial charge on any atom is 0.108 e. The predicted molar refractivity (Wildman–Crippen MR) is 27.7 cm³/mol. The Balaban J connectivity index is 2.13. The minimum absolute atomic E-state index is 0.602. The Morgan fingerprint density at radius 1 is 2.00 bits per heavy atom. The Bertz CT molecular complexity index is 49.5. The molecule has 0 bridgehead atoms. The summed E-state index contributed by atoms with van der Waals surface area (Å²) in [6.45, 7) is 3.18. The number of hydrogen-bond acceptors (Lipinski definition) is 1. The predicted octanol–water partition coefficient (Wildman–Crippen LogP) is -0.173. The van der Waals surface area contributed by atoms with Gasteiger partial charge in [-0.2, -0.15) is 0 Å². The van der Waals surface area contributed by atoms with Crippen LogP contribution in [0.4, 0.5) is 0 Å². The molecule has 1 aliphatic heterocycles. The van der Waals surface area contributed by atoms with Crippen molar-refractivity contribution in [1.29, 1.82) is 0 Å². The highest BCUT2D eigenvalue weighted by Gasteiger charge is 2.25. The second-order valence-electron chi connectivity index (χ2n) is 2.12. The number of ether oxygens (including phenoxy) is 1. The van der Waals surface area contributed by atoms with Crippen molar-refractivity contribution in [3.8, 4) is 0 Å². The smallest absolute Gasteiger partial charge is 0.108 e. The summed E-state index contributed by atoms with van der Waals surface area (Å²) in [5.74, 6) is 0.741. The van der Waals surface area contributed by atoms with Crippen molar-refractivity contribution in [3.63, 3.8) is 0 Å². The van der Waals surface area contributed by atoms with E-state index in [9.17, 15) is 0 Å². The van der Waals surface area contributed by atoms with Crippen molar-refractivity contribution < 1.29 is 4.74 Å². The summed E-state index contributed by atoms with van der Waals surface area (Å²) in [4.78, 5) is 0. The zero-order chi connectivity index (χ0) is 4.57. The second kappa shape index (κ2) is 1.26. The molecule has 6 heavy (non-hydrogen) atoms. The Morgan fingerprint density at radius 2 is 2.50 bits per heavy atom. The standard InChI is InChI=1S/C4H9BO/c1-3(5)4-2-6-4/h3-4H,2,5H2,1H3. The molecule has 0 radical (unpaired) electrons. The van der Waals surface area contributed by atoms with Crippen molar-refractivity contribution in [3.05, 3.63) is 0 Å². The lowest BCUT2D eigenvalue weighted by Crippen LogP contribution is -1.92. The summed E-state index contributed by atoms with van der Waals surface area (Å²) in [5.41, 5.74) is 0. The topological polar surface area (TPSA) is 12.5 Å². The first-order valence-corrected chi connectivity index (χ1v) is 2.42. The van der Waals surface area contributed by atoms with Crippen LogP contribution in [0, 0.1) is 0 Å². The van der Waals surface area contributed by atoms with Gasteiger partial charge in [0.25, 0.3) is 0 Å². The normalized spacial score (nSPS) is 35.8. The molecule has 1 aliphatic rings. The molecule has 2 unspecified atom stereocenters. The van der Waals surface area contributed by atoms with E-state index in [4.69, 9.17) is 4.74 Å². The summed E-state index contributed by atoms with van der Waals surface area (Å²) in [6, 6.07) is 0. The van der Waals surface area contributed by atoms with Crippen LogP contribution in [-0.2, 0) is 4.74 Å². The van der Waals surface area contributed by atoms with Gasteiger partial charge in [0.1, 0.15) is 7.85 Å². The molecule has 2 heteroatoms. The zero-order valence-corrected chi connectivity index (χ0v) is 4.27. The van der Waals surface area contributed by atoms with Crippen LogP contribution in [0.15, 0.2) is 0 Å². The molecule has 34 valence electrons. The maximum atomic E-state index is 4.97. The first kappa shape index (κ1) is 4.19. The van der Waals surface area contributed by atoms with Crippen LogP contribution in [0.1, 0.15) is 6.92 Å². The molecule has 1 heterocycles. The minimum Gasteiger partial charge on any atom is -0.374 e. The van der Waals surface area contributed by atoms with Crippen LogP contribution in [0.5, 0.6) is 0 Å².